The third-order valence-corrected chi connectivity index (χ3v) is 3.68. The van der Waals surface area contributed by atoms with Crippen LogP contribution in [-0.2, 0) is 23.8 Å². The molecule has 0 amide bonds. The molecule has 7 N–H and O–H groups in total. The lowest BCUT2D eigenvalue weighted by Crippen LogP contribution is -2.39. The first-order valence-corrected chi connectivity index (χ1v) is 7.65. The summed E-state index contributed by atoms with van der Waals surface area (Å²) in [4.78, 5) is 19.5. The van der Waals surface area contributed by atoms with E-state index in [0.29, 0.717) is 6.61 Å². The van der Waals surface area contributed by atoms with Crippen molar-refractivity contribution in [3.63, 3.8) is 0 Å². The Morgan fingerprint density at radius 1 is 1.16 bits per heavy atom. The molecule has 0 aromatic heterocycles. The molecule has 0 radical (unpaired) electrons. The molecule has 11 nitrogen and oxygen atoms in total. The number of hydrogen-bond donors (Lipinski definition) is 6. The minimum Gasteiger partial charge on any atom is -0.479 e. The van der Waals surface area contributed by atoms with Gasteiger partial charge in [-0.25, -0.2) is 9.59 Å². The highest BCUT2D eigenvalue weighted by Crippen LogP contribution is 2.38. The van der Waals surface area contributed by atoms with Crippen LogP contribution >= 0.6 is 0 Å². The molecule has 6 atom stereocenters. The summed E-state index contributed by atoms with van der Waals surface area (Å²) in [7, 11) is 0. The van der Waals surface area contributed by atoms with E-state index in [1.807, 2.05) is 13.8 Å². The Balaban J connectivity index is 0.000000275. The van der Waals surface area contributed by atoms with Crippen molar-refractivity contribution in [3.8, 4) is 0 Å². The minimum atomic E-state index is -2.27. The predicted molar refractivity (Wildman–Crippen MR) is 80.5 cm³/mol. The third-order valence-electron chi connectivity index (χ3n) is 3.68. The Labute approximate surface area is 143 Å². The van der Waals surface area contributed by atoms with Crippen LogP contribution < -0.4 is 5.73 Å². The van der Waals surface area contributed by atoms with Gasteiger partial charge in [0.05, 0.1) is 19.3 Å². The molecule has 1 heterocycles. The van der Waals surface area contributed by atoms with E-state index in [9.17, 15) is 9.59 Å². The van der Waals surface area contributed by atoms with Crippen molar-refractivity contribution in [3.05, 3.63) is 0 Å². The fourth-order valence-electron chi connectivity index (χ4n) is 2.61. The van der Waals surface area contributed by atoms with E-state index < -0.39 is 29.9 Å². The third kappa shape index (κ3) is 5.85. The summed E-state index contributed by atoms with van der Waals surface area (Å²) in [5, 5.41) is 41.2. The van der Waals surface area contributed by atoms with Crippen LogP contribution in [0.5, 0.6) is 0 Å². The number of aliphatic carboxylic acids is 2. The van der Waals surface area contributed by atoms with Gasteiger partial charge in [0, 0.05) is 6.04 Å². The fraction of sp³-hybridized carbons (Fsp3) is 0.857. The summed E-state index contributed by atoms with van der Waals surface area (Å²) in [6, 6.07) is -0.0412. The Hall–Kier alpha value is -1.34. The molecule has 2 aliphatic rings. The minimum absolute atomic E-state index is 0.0212. The second-order valence-corrected chi connectivity index (χ2v) is 6.16. The fourth-order valence-corrected chi connectivity index (χ4v) is 2.61. The van der Waals surface area contributed by atoms with E-state index in [4.69, 9.17) is 45.5 Å². The van der Waals surface area contributed by atoms with Crippen molar-refractivity contribution in [2.45, 2.75) is 62.6 Å². The Morgan fingerprint density at radius 3 is 2.08 bits per heavy atom. The molecular formula is C14H25NO10. The number of nitrogens with two attached hydrogens (primary N) is 1. The average molecular weight is 367 g/mol. The molecule has 1 saturated heterocycles. The topological polar surface area (TPSA) is 189 Å². The molecule has 0 bridgehead atoms. The molecule has 1 aliphatic carbocycles. The molecule has 2 rings (SSSR count). The zero-order chi connectivity index (χ0) is 19.4. The van der Waals surface area contributed by atoms with Crippen LogP contribution in [0.1, 0.15) is 20.3 Å². The molecule has 25 heavy (non-hydrogen) atoms. The summed E-state index contributed by atoms with van der Waals surface area (Å²) < 4.78 is 16.9. The highest BCUT2D eigenvalue weighted by atomic mass is 16.8. The Morgan fingerprint density at radius 2 is 1.64 bits per heavy atom. The molecule has 1 saturated carbocycles. The first kappa shape index (κ1) is 21.7. The van der Waals surface area contributed by atoms with E-state index in [0.717, 1.165) is 6.42 Å². The summed E-state index contributed by atoms with van der Waals surface area (Å²) >= 11 is 0. The average Bonchev–Trinajstić information content (AvgIpc) is 2.98. The van der Waals surface area contributed by atoms with Gasteiger partial charge in [0.1, 0.15) is 12.2 Å². The van der Waals surface area contributed by atoms with Crippen LogP contribution in [0.4, 0.5) is 0 Å². The van der Waals surface area contributed by atoms with Gasteiger partial charge in [0.15, 0.2) is 18.0 Å². The maximum Gasteiger partial charge on any atom is 0.335 e. The zero-order valence-electron chi connectivity index (χ0n) is 13.9. The molecular weight excluding hydrogens is 342 g/mol. The maximum atomic E-state index is 9.77. The second kappa shape index (κ2) is 8.85. The lowest BCUT2D eigenvalue weighted by atomic mass is 10.2. The van der Waals surface area contributed by atoms with Crippen LogP contribution in [-0.4, -0.2) is 93.0 Å². The first-order valence-electron chi connectivity index (χ1n) is 7.65. The molecule has 11 heteroatoms. The highest BCUT2D eigenvalue weighted by molar-refractivity contribution is 5.83. The van der Waals surface area contributed by atoms with E-state index in [2.05, 4.69) is 0 Å². The number of carboxylic acid groups (broad SMARTS) is 2. The number of aliphatic hydroxyl groups excluding tert-OH is 3. The predicted octanol–water partition coefficient (Wildman–Crippen LogP) is -2.51. The number of carbonyl (C=O) groups is 2. The van der Waals surface area contributed by atoms with Gasteiger partial charge in [-0.3, -0.25) is 0 Å². The van der Waals surface area contributed by atoms with Crippen molar-refractivity contribution < 1.29 is 49.3 Å². The summed E-state index contributed by atoms with van der Waals surface area (Å²) in [6.45, 7) is 4.10. The summed E-state index contributed by atoms with van der Waals surface area (Å²) in [6.07, 6.45) is -4.04. The van der Waals surface area contributed by atoms with Gasteiger partial charge in [-0.05, 0) is 20.3 Å². The quantitative estimate of drug-likeness (QED) is 0.291. The van der Waals surface area contributed by atoms with E-state index >= 15 is 0 Å². The molecule has 0 unspecified atom stereocenters. The van der Waals surface area contributed by atoms with E-state index in [1.165, 1.54) is 0 Å². The van der Waals surface area contributed by atoms with Crippen LogP contribution in [0.3, 0.4) is 0 Å². The molecule has 0 spiro atoms. The lowest BCUT2D eigenvalue weighted by Gasteiger charge is -2.22. The molecule has 1 aliphatic heterocycles. The number of carboxylic acids is 2. The van der Waals surface area contributed by atoms with Crippen molar-refractivity contribution in [1.29, 1.82) is 0 Å². The number of hydrogen-bond acceptors (Lipinski definition) is 9. The monoisotopic (exact) mass is 367 g/mol. The SMILES string of the molecule is CC1(C)O[C@@H]2[C@H](O1)[C@@H](N)C[C@H]2OCCO.O=C(O)[C@H](O)[C@@H](O)C(=O)O. The van der Waals surface area contributed by atoms with Crippen molar-refractivity contribution in [2.75, 3.05) is 13.2 Å². The molecule has 0 aromatic carbocycles. The molecule has 0 aromatic rings. The van der Waals surface area contributed by atoms with Gasteiger partial charge in [0.25, 0.3) is 0 Å². The summed E-state index contributed by atoms with van der Waals surface area (Å²) in [5.74, 6) is -4.11. The number of fused-ring (bicyclic) bond motifs is 1. The Kier molecular flexibility index (Phi) is 7.68. The first-order chi connectivity index (χ1) is 11.5. The van der Waals surface area contributed by atoms with Gasteiger partial charge in [0.2, 0.25) is 0 Å². The van der Waals surface area contributed by atoms with Gasteiger partial charge >= 0.3 is 11.9 Å². The molecule has 2 fully saturated rings. The number of aliphatic hydroxyl groups is 3. The van der Waals surface area contributed by atoms with Crippen molar-refractivity contribution in [2.24, 2.45) is 5.73 Å². The smallest absolute Gasteiger partial charge is 0.335 e. The van der Waals surface area contributed by atoms with Crippen LogP contribution in [0.25, 0.3) is 0 Å². The van der Waals surface area contributed by atoms with Gasteiger partial charge in [-0.15, -0.1) is 0 Å². The van der Waals surface area contributed by atoms with Gasteiger partial charge in [-0.1, -0.05) is 0 Å². The number of ether oxygens (including phenoxy) is 3. The normalized spacial score (nSPS) is 32.2. The van der Waals surface area contributed by atoms with E-state index in [1.54, 1.807) is 0 Å². The molecule has 146 valence electrons. The van der Waals surface area contributed by atoms with Crippen LogP contribution in [0.15, 0.2) is 0 Å². The maximum absolute atomic E-state index is 9.77. The van der Waals surface area contributed by atoms with E-state index in [-0.39, 0.29) is 31.0 Å². The second-order valence-electron chi connectivity index (χ2n) is 6.16. The van der Waals surface area contributed by atoms with Crippen LogP contribution in [0, 0.1) is 0 Å². The highest BCUT2D eigenvalue weighted by Gasteiger charge is 2.53. The lowest BCUT2D eigenvalue weighted by molar-refractivity contribution is -0.168. The Bertz CT molecular complexity index is 453. The largest absolute Gasteiger partial charge is 0.479 e. The summed E-state index contributed by atoms with van der Waals surface area (Å²) in [5.41, 5.74) is 5.96. The zero-order valence-corrected chi connectivity index (χ0v) is 13.9. The van der Waals surface area contributed by atoms with Crippen molar-refractivity contribution in [1.82, 2.24) is 0 Å². The van der Waals surface area contributed by atoms with Crippen LogP contribution in [0.2, 0.25) is 0 Å². The standard InChI is InChI=1S/C10H19NO4.C4H6O6/c1-10(2)14-8-6(11)5-7(9(8)15-10)13-4-3-12;5-1(3(7)8)2(6)4(9)10/h6-9,12H,3-5,11H2,1-2H3;1-2,5-6H,(H,7,8)(H,9,10)/t6-,7+,8+,9-;1-,2-/m01/s1. The van der Waals surface area contributed by atoms with Gasteiger partial charge < -0.3 is 45.5 Å². The number of rotatable bonds is 6. The van der Waals surface area contributed by atoms with Crippen molar-refractivity contribution >= 4 is 11.9 Å². The van der Waals surface area contributed by atoms with Gasteiger partial charge in [-0.2, -0.15) is 0 Å².